The van der Waals surface area contributed by atoms with E-state index in [1.54, 1.807) is 0 Å². The molecule has 1 heterocycles. The number of benzene rings is 2. The zero-order valence-electron chi connectivity index (χ0n) is 12.6. The van der Waals surface area contributed by atoms with Crippen LogP contribution in [0.25, 0.3) is 0 Å². The molecular formula is C19H21ClO. The van der Waals surface area contributed by atoms with Crippen LogP contribution in [0.5, 0.6) is 5.75 Å². The van der Waals surface area contributed by atoms with Crippen LogP contribution in [0.15, 0.2) is 42.5 Å². The van der Waals surface area contributed by atoms with Crippen molar-refractivity contribution in [3.05, 3.63) is 64.7 Å². The number of rotatable bonds is 4. The first-order valence-electron chi connectivity index (χ1n) is 7.55. The molecule has 0 fully saturated rings. The van der Waals surface area contributed by atoms with E-state index in [1.165, 1.54) is 22.3 Å². The largest absolute Gasteiger partial charge is 0.490 e. The van der Waals surface area contributed by atoms with Crippen molar-refractivity contribution >= 4 is 11.6 Å². The minimum Gasteiger partial charge on any atom is -0.490 e. The first kappa shape index (κ1) is 14.5. The molecule has 0 saturated carbocycles. The maximum Gasteiger partial charge on any atom is 0.123 e. The van der Waals surface area contributed by atoms with E-state index in [9.17, 15) is 0 Å². The lowest BCUT2D eigenvalue weighted by molar-refractivity contribution is 0.212. The van der Waals surface area contributed by atoms with E-state index in [4.69, 9.17) is 16.3 Å². The Bertz CT molecular complexity index is 635. The fourth-order valence-electron chi connectivity index (χ4n) is 3.22. The molecule has 0 spiro atoms. The topological polar surface area (TPSA) is 9.23 Å². The van der Waals surface area contributed by atoms with Crippen molar-refractivity contribution in [2.45, 2.75) is 38.7 Å². The van der Waals surface area contributed by atoms with E-state index in [1.807, 2.05) is 0 Å². The van der Waals surface area contributed by atoms with Crippen LogP contribution in [0.2, 0.25) is 0 Å². The second kappa shape index (κ2) is 6.11. The summed E-state index contributed by atoms with van der Waals surface area (Å²) in [6, 6.07) is 15.0. The average Bonchev–Trinajstić information content (AvgIpc) is 2.87. The van der Waals surface area contributed by atoms with Crippen molar-refractivity contribution in [1.29, 1.82) is 0 Å². The summed E-state index contributed by atoms with van der Waals surface area (Å²) in [4.78, 5) is 0. The Labute approximate surface area is 131 Å². The van der Waals surface area contributed by atoms with Crippen LogP contribution in [0, 0.1) is 13.8 Å². The van der Waals surface area contributed by atoms with Gasteiger partial charge in [0.1, 0.15) is 11.9 Å². The Balaban J connectivity index is 1.74. The Morgan fingerprint density at radius 3 is 2.76 bits per heavy atom. The Kier molecular flexibility index (Phi) is 4.21. The third-order valence-corrected chi connectivity index (χ3v) is 4.69. The van der Waals surface area contributed by atoms with Gasteiger partial charge >= 0.3 is 0 Å². The fourth-order valence-corrected chi connectivity index (χ4v) is 3.51. The highest BCUT2D eigenvalue weighted by Gasteiger charge is 2.26. The van der Waals surface area contributed by atoms with E-state index >= 15 is 0 Å². The monoisotopic (exact) mass is 300 g/mol. The van der Waals surface area contributed by atoms with E-state index in [0.717, 1.165) is 18.6 Å². The number of alkyl halides is 1. The fraction of sp³-hybridized carbons (Fsp3) is 0.368. The molecule has 3 rings (SSSR count). The summed E-state index contributed by atoms with van der Waals surface area (Å²) >= 11 is 6.23. The summed E-state index contributed by atoms with van der Waals surface area (Å²) in [6.07, 6.45) is 2.21. The van der Waals surface area contributed by atoms with Gasteiger partial charge in [0, 0.05) is 18.2 Å². The smallest absolute Gasteiger partial charge is 0.123 e. The third kappa shape index (κ3) is 3.08. The molecule has 2 aromatic rings. The van der Waals surface area contributed by atoms with E-state index in [-0.39, 0.29) is 6.10 Å². The van der Waals surface area contributed by atoms with Crippen molar-refractivity contribution < 1.29 is 4.74 Å². The molecule has 1 aliphatic rings. The van der Waals surface area contributed by atoms with E-state index in [2.05, 4.69) is 56.3 Å². The highest BCUT2D eigenvalue weighted by Crippen LogP contribution is 2.35. The summed E-state index contributed by atoms with van der Waals surface area (Å²) in [5, 5.41) is 0. The van der Waals surface area contributed by atoms with Gasteiger partial charge in [-0.15, -0.1) is 11.6 Å². The first-order chi connectivity index (χ1) is 10.2. The third-order valence-electron chi connectivity index (χ3n) is 4.32. The molecule has 2 aromatic carbocycles. The highest BCUT2D eigenvalue weighted by atomic mass is 35.5. The first-order valence-corrected chi connectivity index (χ1v) is 8.08. The minimum atomic E-state index is 0.241. The molecule has 0 N–H and O–H groups in total. The summed E-state index contributed by atoms with van der Waals surface area (Å²) in [7, 11) is 0. The molecule has 0 bridgehead atoms. The predicted octanol–water partition coefficient (Wildman–Crippen LogP) is 5.02. The van der Waals surface area contributed by atoms with E-state index in [0.29, 0.717) is 11.8 Å². The van der Waals surface area contributed by atoms with Gasteiger partial charge in [-0.05, 0) is 43.0 Å². The van der Waals surface area contributed by atoms with Gasteiger partial charge < -0.3 is 4.74 Å². The van der Waals surface area contributed by atoms with Crippen LogP contribution in [-0.2, 0) is 6.42 Å². The minimum absolute atomic E-state index is 0.241. The number of hydrogen-bond acceptors (Lipinski definition) is 1. The average molecular weight is 301 g/mol. The van der Waals surface area contributed by atoms with Gasteiger partial charge in [0.15, 0.2) is 0 Å². The van der Waals surface area contributed by atoms with Crippen LogP contribution < -0.4 is 4.74 Å². The zero-order valence-corrected chi connectivity index (χ0v) is 13.4. The lowest BCUT2D eigenvalue weighted by Crippen LogP contribution is -2.18. The van der Waals surface area contributed by atoms with Crippen LogP contribution in [0.3, 0.4) is 0 Å². The van der Waals surface area contributed by atoms with Gasteiger partial charge in [-0.3, -0.25) is 0 Å². The number of fused-ring (bicyclic) bond motifs is 1. The highest BCUT2D eigenvalue weighted by molar-refractivity contribution is 6.18. The Morgan fingerprint density at radius 1 is 1.19 bits per heavy atom. The number of halogens is 1. The molecule has 110 valence electrons. The van der Waals surface area contributed by atoms with Crippen LogP contribution >= 0.6 is 11.6 Å². The van der Waals surface area contributed by atoms with Crippen molar-refractivity contribution in [3.8, 4) is 5.75 Å². The van der Waals surface area contributed by atoms with Crippen molar-refractivity contribution in [2.75, 3.05) is 5.88 Å². The van der Waals surface area contributed by atoms with Gasteiger partial charge in [0.25, 0.3) is 0 Å². The lowest BCUT2D eigenvalue weighted by atomic mass is 9.90. The zero-order chi connectivity index (χ0) is 14.8. The Morgan fingerprint density at radius 2 is 2.00 bits per heavy atom. The molecule has 1 aliphatic heterocycles. The molecule has 1 nitrogen and oxygen atoms in total. The van der Waals surface area contributed by atoms with Crippen LogP contribution in [0.4, 0.5) is 0 Å². The molecule has 2 atom stereocenters. The van der Waals surface area contributed by atoms with Gasteiger partial charge in [0.2, 0.25) is 0 Å². The standard InChI is InChI=1S/C19H21ClO/c1-13-7-8-19-15(9-13)10-17(21-19)11-16(12-20)18-6-4-3-5-14(18)2/h3-9,16-17H,10-12H2,1-2H3. The second-order valence-electron chi connectivity index (χ2n) is 6.00. The summed E-state index contributed by atoms with van der Waals surface area (Å²) < 4.78 is 6.10. The molecule has 2 heteroatoms. The van der Waals surface area contributed by atoms with Gasteiger partial charge in [-0.25, -0.2) is 0 Å². The molecule has 21 heavy (non-hydrogen) atoms. The van der Waals surface area contributed by atoms with Gasteiger partial charge in [-0.1, -0.05) is 42.0 Å². The summed E-state index contributed by atoms with van der Waals surface area (Å²) in [6.45, 7) is 4.28. The second-order valence-corrected chi connectivity index (χ2v) is 6.31. The molecule has 2 unspecified atom stereocenters. The molecular weight excluding hydrogens is 280 g/mol. The van der Waals surface area contributed by atoms with Crippen molar-refractivity contribution in [3.63, 3.8) is 0 Å². The molecule has 0 radical (unpaired) electrons. The van der Waals surface area contributed by atoms with Crippen molar-refractivity contribution in [1.82, 2.24) is 0 Å². The quantitative estimate of drug-likeness (QED) is 0.720. The predicted molar refractivity (Wildman–Crippen MR) is 88.6 cm³/mol. The molecule has 0 amide bonds. The maximum absolute atomic E-state index is 6.23. The maximum atomic E-state index is 6.23. The summed E-state index contributed by atoms with van der Waals surface area (Å²) in [5.74, 6) is 2.04. The molecule has 0 aliphatic carbocycles. The lowest BCUT2D eigenvalue weighted by Gasteiger charge is -2.20. The van der Waals surface area contributed by atoms with Gasteiger partial charge in [0.05, 0.1) is 0 Å². The Hall–Kier alpha value is -1.47. The van der Waals surface area contributed by atoms with E-state index < -0.39 is 0 Å². The summed E-state index contributed by atoms with van der Waals surface area (Å²) in [5.41, 5.74) is 5.29. The SMILES string of the molecule is Cc1ccc2c(c1)CC(CC(CCl)c1ccccc1C)O2. The molecule has 0 aromatic heterocycles. The normalized spacial score (nSPS) is 18.1. The number of ether oxygens (including phenoxy) is 1. The number of hydrogen-bond donors (Lipinski definition) is 0. The number of aryl methyl sites for hydroxylation is 2. The van der Waals surface area contributed by atoms with Crippen LogP contribution in [-0.4, -0.2) is 12.0 Å². The van der Waals surface area contributed by atoms with Gasteiger partial charge in [-0.2, -0.15) is 0 Å². The molecule has 0 saturated heterocycles. The van der Waals surface area contributed by atoms with Crippen molar-refractivity contribution in [2.24, 2.45) is 0 Å². The van der Waals surface area contributed by atoms with Crippen LogP contribution in [0.1, 0.15) is 34.6 Å².